The molecule has 45 heavy (non-hydrogen) atoms. The van der Waals surface area contributed by atoms with Gasteiger partial charge < -0.3 is 29.6 Å². The molecule has 10 nitrogen and oxygen atoms in total. The second-order valence-electron chi connectivity index (χ2n) is 9.47. The number of thiocarbonyl (C=S) groups is 1. The third-order valence-corrected chi connectivity index (χ3v) is 7.80. The Morgan fingerprint density at radius 2 is 1.87 bits per heavy atom. The van der Waals surface area contributed by atoms with Gasteiger partial charge in [-0.1, -0.05) is 63.4 Å². The highest BCUT2D eigenvalue weighted by atomic mass is 79.9. The number of nitrogens with zero attached hydrogens (tertiary/aromatic N) is 1. The van der Waals surface area contributed by atoms with Gasteiger partial charge in [0.05, 0.1) is 41.6 Å². The number of para-hydroxylation sites is 1. The van der Waals surface area contributed by atoms with Gasteiger partial charge in [-0.25, -0.2) is 10.2 Å². The van der Waals surface area contributed by atoms with Gasteiger partial charge >= 0.3 is 5.97 Å². The molecule has 4 rings (SSSR count). The smallest absolute Gasteiger partial charge is 0.338 e. The van der Waals surface area contributed by atoms with Crippen molar-refractivity contribution in [3.63, 3.8) is 0 Å². The maximum absolute atomic E-state index is 12.8. The van der Waals surface area contributed by atoms with Gasteiger partial charge in [-0.05, 0) is 62.0 Å². The number of hydrazone groups is 1. The number of hydrogen-bond donors (Lipinski definition) is 3. The number of halogens is 3. The van der Waals surface area contributed by atoms with Crippen LogP contribution >= 0.6 is 51.3 Å². The SMILES string of the molecule is CCOC(=O)C1=C(C)NC(=S)N[C@H]1c1ccccc1OCC(=O)NN=Cc1cc(Br)cc(OC)c1OCc1ccc(Cl)c(Cl)c1. The normalized spacial score (nSPS) is 14.4. The number of carbonyl (C=O) groups is 2. The molecule has 0 aromatic heterocycles. The summed E-state index contributed by atoms with van der Waals surface area (Å²) in [5.74, 6) is 0.224. The molecule has 0 spiro atoms. The van der Waals surface area contributed by atoms with E-state index in [-0.39, 0.29) is 19.8 Å². The molecule has 1 aliphatic heterocycles. The van der Waals surface area contributed by atoms with Crippen molar-refractivity contribution in [2.45, 2.75) is 26.5 Å². The molecule has 3 aromatic carbocycles. The fourth-order valence-corrected chi connectivity index (χ4v) is 5.43. The van der Waals surface area contributed by atoms with Gasteiger partial charge in [-0.15, -0.1) is 0 Å². The summed E-state index contributed by atoms with van der Waals surface area (Å²) in [6.45, 7) is 3.51. The molecule has 0 fully saturated rings. The van der Waals surface area contributed by atoms with Crippen LogP contribution in [0.4, 0.5) is 0 Å². The maximum atomic E-state index is 12.8. The van der Waals surface area contributed by atoms with Crippen molar-refractivity contribution in [1.29, 1.82) is 0 Å². The molecule has 1 amide bonds. The molecule has 1 aliphatic rings. The standard InChI is InChI=1S/C31H29BrCl2N4O6S/c1-4-42-30(40)27-17(2)36-31(45)37-28(27)21-7-5-6-8-24(21)43-16-26(39)38-35-14-19-12-20(32)13-25(41-3)29(19)44-15-18-9-10-22(33)23(34)11-18/h5-14,28H,4,15-16H2,1-3H3,(H,38,39)(H2,36,37,45)/t28-/m0/s1. The maximum Gasteiger partial charge on any atom is 0.338 e. The minimum atomic E-state index is -0.649. The summed E-state index contributed by atoms with van der Waals surface area (Å²) in [6, 6.07) is 15.1. The van der Waals surface area contributed by atoms with Gasteiger partial charge in [-0.3, -0.25) is 4.79 Å². The number of carbonyl (C=O) groups excluding carboxylic acids is 2. The molecule has 0 saturated carbocycles. The van der Waals surface area contributed by atoms with E-state index in [1.165, 1.54) is 13.3 Å². The fourth-order valence-electron chi connectivity index (χ4n) is 4.38. The Balaban J connectivity index is 1.46. The number of nitrogens with one attached hydrogen (secondary N) is 3. The fraction of sp³-hybridized carbons (Fsp3) is 0.226. The first kappa shape index (κ1) is 34.0. The number of methoxy groups -OCH3 is 1. The number of hydrogen-bond acceptors (Lipinski definition) is 8. The number of amides is 1. The van der Waals surface area contributed by atoms with Gasteiger partial charge in [0.25, 0.3) is 5.91 Å². The minimum absolute atomic E-state index is 0.179. The molecule has 0 bridgehead atoms. The van der Waals surface area contributed by atoms with Crippen molar-refractivity contribution < 1.29 is 28.5 Å². The number of benzene rings is 3. The van der Waals surface area contributed by atoms with Crippen LogP contribution < -0.4 is 30.3 Å². The van der Waals surface area contributed by atoms with Crippen LogP contribution in [0.3, 0.4) is 0 Å². The number of rotatable bonds is 12. The highest BCUT2D eigenvalue weighted by Crippen LogP contribution is 2.36. The Morgan fingerprint density at radius 1 is 1.09 bits per heavy atom. The molecule has 0 aliphatic carbocycles. The molecule has 0 saturated heterocycles. The zero-order chi connectivity index (χ0) is 32.5. The third kappa shape index (κ3) is 8.88. The zero-order valence-corrected chi connectivity index (χ0v) is 28.3. The number of esters is 1. The summed E-state index contributed by atoms with van der Waals surface area (Å²) in [5, 5.41) is 11.3. The van der Waals surface area contributed by atoms with Crippen LogP contribution in [0.1, 0.15) is 36.6 Å². The molecule has 236 valence electrons. The summed E-state index contributed by atoms with van der Waals surface area (Å²) < 4.78 is 23.4. The van der Waals surface area contributed by atoms with E-state index in [4.69, 9.17) is 54.4 Å². The van der Waals surface area contributed by atoms with E-state index in [9.17, 15) is 9.59 Å². The lowest BCUT2D eigenvalue weighted by Crippen LogP contribution is -2.45. The average Bonchev–Trinajstić information content (AvgIpc) is 3.00. The Kier molecular flexibility index (Phi) is 12.1. The van der Waals surface area contributed by atoms with Crippen molar-refractivity contribution in [3.05, 3.63) is 97.1 Å². The van der Waals surface area contributed by atoms with Crippen LogP contribution in [-0.2, 0) is 20.9 Å². The molecule has 1 atom stereocenters. The van der Waals surface area contributed by atoms with Crippen molar-refractivity contribution in [3.8, 4) is 17.2 Å². The van der Waals surface area contributed by atoms with E-state index in [0.29, 0.717) is 59.3 Å². The van der Waals surface area contributed by atoms with Crippen LogP contribution in [0.25, 0.3) is 0 Å². The van der Waals surface area contributed by atoms with Crippen molar-refractivity contribution in [2.24, 2.45) is 5.10 Å². The highest BCUT2D eigenvalue weighted by Gasteiger charge is 2.32. The van der Waals surface area contributed by atoms with Crippen LogP contribution in [0.15, 0.2) is 75.4 Å². The van der Waals surface area contributed by atoms with Crippen molar-refractivity contribution >= 4 is 74.6 Å². The van der Waals surface area contributed by atoms with Crippen molar-refractivity contribution in [1.82, 2.24) is 16.1 Å². The minimum Gasteiger partial charge on any atom is -0.493 e. The van der Waals surface area contributed by atoms with E-state index >= 15 is 0 Å². The first-order valence-electron chi connectivity index (χ1n) is 13.5. The largest absolute Gasteiger partial charge is 0.493 e. The Morgan fingerprint density at radius 3 is 2.60 bits per heavy atom. The van der Waals surface area contributed by atoms with Crippen LogP contribution in [0.2, 0.25) is 10.0 Å². The van der Waals surface area contributed by atoms with Crippen LogP contribution in [0.5, 0.6) is 17.2 Å². The molecule has 14 heteroatoms. The van der Waals surface area contributed by atoms with E-state index in [1.54, 1.807) is 68.4 Å². The molecule has 3 aromatic rings. The Bertz CT molecular complexity index is 1670. The Labute approximate surface area is 284 Å². The topological polar surface area (TPSA) is 120 Å². The molecular weight excluding hydrogens is 707 g/mol. The molecular formula is C31H29BrCl2N4O6S. The van der Waals surface area contributed by atoms with E-state index in [0.717, 1.165) is 5.56 Å². The van der Waals surface area contributed by atoms with Crippen LogP contribution in [0, 0.1) is 0 Å². The molecule has 0 unspecified atom stereocenters. The van der Waals surface area contributed by atoms with E-state index in [1.807, 2.05) is 0 Å². The number of allylic oxidation sites excluding steroid dienone is 1. The van der Waals surface area contributed by atoms with E-state index < -0.39 is 17.9 Å². The van der Waals surface area contributed by atoms with Gasteiger partial charge in [-0.2, -0.15) is 5.10 Å². The summed E-state index contributed by atoms with van der Waals surface area (Å²) in [5.41, 5.74) is 5.32. The van der Waals surface area contributed by atoms with E-state index in [2.05, 4.69) is 37.1 Å². The van der Waals surface area contributed by atoms with Gasteiger partial charge in [0.1, 0.15) is 12.4 Å². The third-order valence-electron chi connectivity index (χ3n) is 6.38. The second-order valence-corrected chi connectivity index (χ2v) is 11.6. The summed E-state index contributed by atoms with van der Waals surface area (Å²) in [7, 11) is 1.52. The lowest BCUT2D eigenvalue weighted by molar-refractivity contribution is -0.139. The quantitative estimate of drug-likeness (QED) is 0.0861. The van der Waals surface area contributed by atoms with Gasteiger partial charge in [0, 0.05) is 21.3 Å². The Hall–Kier alpha value is -3.84. The van der Waals surface area contributed by atoms with Gasteiger partial charge in [0.2, 0.25) is 0 Å². The molecule has 1 heterocycles. The monoisotopic (exact) mass is 734 g/mol. The summed E-state index contributed by atoms with van der Waals surface area (Å²) in [4.78, 5) is 25.5. The van der Waals surface area contributed by atoms with Gasteiger partial charge in [0.15, 0.2) is 23.2 Å². The summed E-state index contributed by atoms with van der Waals surface area (Å²) >= 11 is 20.9. The van der Waals surface area contributed by atoms with Crippen molar-refractivity contribution in [2.75, 3.05) is 20.3 Å². The lowest BCUT2D eigenvalue weighted by Gasteiger charge is -2.30. The van der Waals surface area contributed by atoms with Crippen LogP contribution in [-0.4, -0.2) is 43.5 Å². The first-order valence-corrected chi connectivity index (χ1v) is 15.5. The predicted molar refractivity (Wildman–Crippen MR) is 180 cm³/mol. The predicted octanol–water partition coefficient (Wildman–Crippen LogP) is 6.23. The molecule has 0 radical (unpaired) electrons. The first-order chi connectivity index (χ1) is 21.6. The second kappa shape index (κ2) is 15.9. The zero-order valence-electron chi connectivity index (χ0n) is 24.4. The average molecular weight is 736 g/mol. The summed E-state index contributed by atoms with van der Waals surface area (Å²) in [6.07, 6.45) is 1.43. The lowest BCUT2D eigenvalue weighted by atomic mass is 9.95. The highest BCUT2D eigenvalue weighted by molar-refractivity contribution is 9.10. The number of ether oxygens (including phenoxy) is 4. The molecule has 3 N–H and O–H groups in total.